The Labute approximate surface area is 92.2 Å². The van der Waals surface area contributed by atoms with E-state index in [1.165, 1.54) is 17.8 Å². The lowest BCUT2D eigenvalue weighted by atomic mass is 10.4. The van der Waals surface area contributed by atoms with Crippen LogP contribution < -0.4 is 5.32 Å². The fraction of sp³-hybridized carbons (Fsp3) is 0.273. The van der Waals surface area contributed by atoms with Crippen molar-refractivity contribution in [1.29, 1.82) is 0 Å². The summed E-state index contributed by atoms with van der Waals surface area (Å²) in [6, 6.07) is 3.93. The van der Waals surface area contributed by atoms with Crippen LogP contribution in [0.1, 0.15) is 23.8 Å². The van der Waals surface area contributed by atoms with E-state index in [-0.39, 0.29) is 0 Å². The molecule has 0 spiro atoms. The molecule has 0 atom stereocenters. The van der Waals surface area contributed by atoms with Gasteiger partial charge in [0.25, 0.3) is 0 Å². The fourth-order valence-electron chi connectivity index (χ4n) is 1.44. The van der Waals surface area contributed by atoms with Crippen molar-refractivity contribution in [2.24, 2.45) is 0 Å². The first-order chi connectivity index (χ1) is 7.42. The lowest BCUT2D eigenvalue weighted by Crippen LogP contribution is -1.86. The SMILES string of the molecule is c1cncc(Nc2cnc(C3CC3)s2)c1. The summed E-state index contributed by atoms with van der Waals surface area (Å²) < 4.78 is 0. The second-order valence-corrected chi connectivity index (χ2v) is 4.77. The van der Waals surface area contributed by atoms with Gasteiger partial charge >= 0.3 is 0 Å². The van der Waals surface area contributed by atoms with Gasteiger partial charge in [0.1, 0.15) is 5.00 Å². The molecule has 15 heavy (non-hydrogen) atoms. The number of pyridine rings is 1. The molecular formula is C11H11N3S. The molecule has 4 heteroatoms. The zero-order chi connectivity index (χ0) is 10.1. The van der Waals surface area contributed by atoms with Crippen molar-refractivity contribution in [3.63, 3.8) is 0 Å². The van der Waals surface area contributed by atoms with Gasteiger partial charge in [-0.05, 0) is 25.0 Å². The van der Waals surface area contributed by atoms with Gasteiger partial charge in [0.2, 0.25) is 0 Å². The average molecular weight is 217 g/mol. The third-order valence-electron chi connectivity index (χ3n) is 2.38. The third kappa shape index (κ3) is 1.99. The van der Waals surface area contributed by atoms with Crippen molar-refractivity contribution in [1.82, 2.24) is 9.97 Å². The maximum absolute atomic E-state index is 4.41. The minimum atomic E-state index is 0.736. The van der Waals surface area contributed by atoms with E-state index < -0.39 is 0 Å². The molecule has 3 rings (SSSR count). The molecule has 0 unspecified atom stereocenters. The highest BCUT2D eigenvalue weighted by molar-refractivity contribution is 7.15. The molecule has 3 nitrogen and oxygen atoms in total. The summed E-state index contributed by atoms with van der Waals surface area (Å²) in [5.74, 6) is 0.736. The smallest absolute Gasteiger partial charge is 0.113 e. The number of nitrogens with zero attached hydrogens (tertiary/aromatic N) is 2. The number of hydrogen-bond donors (Lipinski definition) is 1. The number of nitrogens with one attached hydrogen (secondary N) is 1. The highest BCUT2D eigenvalue weighted by Gasteiger charge is 2.26. The van der Waals surface area contributed by atoms with E-state index in [4.69, 9.17) is 0 Å². The predicted octanol–water partition coefficient (Wildman–Crippen LogP) is 3.16. The van der Waals surface area contributed by atoms with Crippen LogP contribution in [0.25, 0.3) is 0 Å². The summed E-state index contributed by atoms with van der Waals surface area (Å²) in [6.07, 6.45) is 8.11. The van der Waals surface area contributed by atoms with Gasteiger partial charge in [0.05, 0.1) is 23.1 Å². The van der Waals surface area contributed by atoms with E-state index in [0.717, 1.165) is 16.6 Å². The number of anilines is 2. The first-order valence-corrected chi connectivity index (χ1v) is 5.86. The largest absolute Gasteiger partial charge is 0.345 e. The summed E-state index contributed by atoms with van der Waals surface area (Å²) in [5.41, 5.74) is 1.02. The van der Waals surface area contributed by atoms with Crippen molar-refractivity contribution >= 4 is 22.0 Å². The molecular weight excluding hydrogens is 206 g/mol. The third-order valence-corrected chi connectivity index (χ3v) is 3.45. The lowest BCUT2D eigenvalue weighted by Gasteiger charge is -2.00. The van der Waals surface area contributed by atoms with Crippen molar-refractivity contribution in [2.45, 2.75) is 18.8 Å². The van der Waals surface area contributed by atoms with Crippen molar-refractivity contribution < 1.29 is 0 Å². The molecule has 76 valence electrons. The Kier molecular flexibility index (Phi) is 2.14. The summed E-state index contributed by atoms with van der Waals surface area (Å²) in [4.78, 5) is 8.47. The van der Waals surface area contributed by atoms with Gasteiger partial charge in [0.15, 0.2) is 0 Å². The Morgan fingerprint density at radius 1 is 1.33 bits per heavy atom. The molecule has 1 aliphatic rings. The van der Waals surface area contributed by atoms with Gasteiger partial charge in [0, 0.05) is 12.1 Å². The van der Waals surface area contributed by atoms with Crippen LogP contribution in [0, 0.1) is 0 Å². The highest BCUT2D eigenvalue weighted by Crippen LogP contribution is 2.43. The van der Waals surface area contributed by atoms with Crippen LogP contribution in [0.2, 0.25) is 0 Å². The molecule has 1 saturated carbocycles. The summed E-state index contributed by atoms with van der Waals surface area (Å²) in [6.45, 7) is 0. The molecule has 0 bridgehead atoms. The molecule has 0 aromatic carbocycles. The first-order valence-electron chi connectivity index (χ1n) is 5.04. The second kappa shape index (κ2) is 3.62. The molecule has 0 amide bonds. The average Bonchev–Trinajstić information content (AvgIpc) is 3.02. The molecule has 1 fully saturated rings. The predicted molar refractivity (Wildman–Crippen MR) is 61.6 cm³/mol. The van der Waals surface area contributed by atoms with E-state index in [1.807, 2.05) is 24.5 Å². The van der Waals surface area contributed by atoms with E-state index >= 15 is 0 Å². The zero-order valence-corrected chi connectivity index (χ0v) is 9.00. The standard InChI is InChI=1S/C11H11N3S/c1-2-9(6-12-5-1)14-10-7-13-11(15-10)8-3-4-8/h1-2,5-8,14H,3-4H2. The van der Waals surface area contributed by atoms with Crippen molar-refractivity contribution in [2.75, 3.05) is 5.32 Å². The summed E-state index contributed by atoms with van der Waals surface area (Å²) in [5, 5.41) is 5.67. The molecule has 2 aromatic rings. The van der Waals surface area contributed by atoms with E-state index in [1.54, 1.807) is 17.5 Å². The Morgan fingerprint density at radius 2 is 2.27 bits per heavy atom. The van der Waals surface area contributed by atoms with E-state index in [0.29, 0.717) is 0 Å². The molecule has 1 aliphatic carbocycles. The minimum absolute atomic E-state index is 0.736. The van der Waals surface area contributed by atoms with Gasteiger partial charge in [-0.3, -0.25) is 4.98 Å². The number of rotatable bonds is 3. The van der Waals surface area contributed by atoms with Gasteiger partial charge in [-0.15, -0.1) is 11.3 Å². The van der Waals surface area contributed by atoms with Crippen molar-refractivity contribution in [3.8, 4) is 0 Å². The molecule has 0 aliphatic heterocycles. The summed E-state index contributed by atoms with van der Waals surface area (Å²) >= 11 is 1.75. The van der Waals surface area contributed by atoms with Gasteiger partial charge in [-0.2, -0.15) is 0 Å². The Hall–Kier alpha value is -1.42. The van der Waals surface area contributed by atoms with Crippen LogP contribution in [0.3, 0.4) is 0 Å². The Balaban J connectivity index is 1.76. The molecule has 0 saturated heterocycles. The fourth-order valence-corrected chi connectivity index (χ4v) is 2.45. The van der Waals surface area contributed by atoms with Crippen molar-refractivity contribution in [3.05, 3.63) is 35.7 Å². The molecule has 1 N–H and O–H groups in total. The molecule has 2 heterocycles. The van der Waals surface area contributed by atoms with E-state index in [2.05, 4.69) is 15.3 Å². The topological polar surface area (TPSA) is 37.8 Å². The maximum Gasteiger partial charge on any atom is 0.113 e. The molecule has 0 radical (unpaired) electrons. The Bertz CT molecular complexity index is 448. The van der Waals surface area contributed by atoms with Crippen LogP contribution in [0.4, 0.5) is 10.7 Å². The number of thiazole rings is 1. The van der Waals surface area contributed by atoms with Gasteiger partial charge in [-0.1, -0.05) is 0 Å². The monoisotopic (exact) mass is 217 g/mol. The van der Waals surface area contributed by atoms with Crippen LogP contribution in [-0.4, -0.2) is 9.97 Å². The summed E-state index contributed by atoms with van der Waals surface area (Å²) in [7, 11) is 0. The normalized spacial score (nSPS) is 15.2. The number of aromatic nitrogens is 2. The zero-order valence-electron chi connectivity index (χ0n) is 8.18. The van der Waals surface area contributed by atoms with Crippen LogP contribution in [0.15, 0.2) is 30.7 Å². The Morgan fingerprint density at radius 3 is 3.00 bits per heavy atom. The van der Waals surface area contributed by atoms with Crippen LogP contribution >= 0.6 is 11.3 Å². The van der Waals surface area contributed by atoms with Crippen LogP contribution in [0.5, 0.6) is 0 Å². The first kappa shape index (κ1) is 8.85. The maximum atomic E-state index is 4.41. The van der Waals surface area contributed by atoms with Gasteiger partial charge < -0.3 is 5.32 Å². The quantitative estimate of drug-likeness (QED) is 0.858. The van der Waals surface area contributed by atoms with E-state index in [9.17, 15) is 0 Å². The lowest BCUT2D eigenvalue weighted by molar-refractivity contribution is 1.08. The minimum Gasteiger partial charge on any atom is -0.345 e. The second-order valence-electron chi connectivity index (χ2n) is 3.70. The van der Waals surface area contributed by atoms with Crippen LogP contribution in [-0.2, 0) is 0 Å². The van der Waals surface area contributed by atoms with Gasteiger partial charge in [-0.25, -0.2) is 4.98 Å². The highest BCUT2D eigenvalue weighted by atomic mass is 32.1. The number of hydrogen-bond acceptors (Lipinski definition) is 4. The molecule has 2 aromatic heterocycles.